The van der Waals surface area contributed by atoms with E-state index in [2.05, 4.69) is 20.4 Å². The van der Waals surface area contributed by atoms with Gasteiger partial charge in [-0.25, -0.2) is 9.50 Å². The van der Waals surface area contributed by atoms with Gasteiger partial charge in [-0.1, -0.05) is 12.1 Å². The molecule has 0 saturated carbocycles. The van der Waals surface area contributed by atoms with Crippen LogP contribution in [-0.2, 0) is 4.74 Å². The molecular weight excluding hydrogens is 306 g/mol. The molecule has 1 atom stereocenters. The van der Waals surface area contributed by atoms with E-state index in [1.54, 1.807) is 10.7 Å². The van der Waals surface area contributed by atoms with Gasteiger partial charge in [0, 0.05) is 36.7 Å². The van der Waals surface area contributed by atoms with Crippen molar-refractivity contribution in [3.8, 4) is 11.1 Å². The molecule has 0 bridgehead atoms. The average Bonchev–Trinajstić information content (AvgIpc) is 3.30. The lowest BCUT2D eigenvalue weighted by atomic mass is 10.1. The number of rotatable bonds is 4. The Balaban J connectivity index is 1.46. The Morgan fingerprint density at radius 3 is 2.92 bits per heavy atom. The Hall–Kier alpha value is -2.80. The Morgan fingerprint density at radius 2 is 2.12 bits per heavy atom. The summed E-state index contributed by atoms with van der Waals surface area (Å²) in [5.74, 6) is 0.478. The lowest BCUT2D eigenvalue weighted by Gasteiger charge is -2.11. The minimum atomic E-state index is -0.0816. The van der Waals surface area contributed by atoms with Gasteiger partial charge >= 0.3 is 0 Å². The fraction of sp³-hybridized carbons (Fsp3) is 0.294. The highest BCUT2D eigenvalue weighted by molar-refractivity contribution is 5.94. The van der Waals surface area contributed by atoms with Crippen molar-refractivity contribution in [1.82, 2.24) is 24.9 Å². The van der Waals surface area contributed by atoms with Crippen molar-refractivity contribution in [1.29, 1.82) is 0 Å². The van der Waals surface area contributed by atoms with Gasteiger partial charge in [0.1, 0.15) is 6.33 Å². The third-order valence-electron chi connectivity index (χ3n) is 4.13. The average molecular weight is 323 g/mol. The number of benzene rings is 1. The Morgan fingerprint density at radius 1 is 1.25 bits per heavy atom. The second kappa shape index (κ2) is 6.37. The first-order valence-corrected chi connectivity index (χ1v) is 7.95. The quantitative estimate of drug-likeness (QED) is 0.790. The molecule has 3 aromatic rings. The van der Waals surface area contributed by atoms with Gasteiger partial charge in [-0.15, -0.1) is 0 Å². The Labute approximate surface area is 138 Å². The SMILES string of the molecule is O=C(NC[C@@H]1CCCO1)c1ccc(-c2cnc3ncnn3c2)cc1. The molecule has 4 rings (SSSR count). The van der Waals surface area contributed by atoms with Gasteiger partial charge in [0.05, 0.1) is 6.10 Å². The third-order valence-corrected chi connectivity index (χ3v) is 4.13. The summed E-state index contributed by atoms with van der Waals surface area (Å²) in [4.78, 5) is 20.5. The number of hydrogen-bond donors (Lipinski definition) is 1. The summed E-state index contributed by atoms with van der Waals surface area (Å²) in [7, 11) is 0. The van der Waals surface area contributed by atoms with Crippen LogP contribution in [0.25, 0.3) is 16.9 Å². The fourth-order valence-corrected chi connectivity index (χ4v) is 2.80. The minimum absolute atomic E-state index is 0.0816. The highest BCUT2D eigenvalue weighted by Gasteiger charge is 2.16. The molecule has 1 aromatic carbocycles. The molecule has 1 amide bonds. The zero-order valence-electron chi connectivity index (χ0n) is 13.1. The van der Waals surface area contributed by atoms with E-state index in [0.717, 1.165) is 30.6 Å². The molecule has 24 heavy (non-hydrogen) atoms. The lowest BCUT2D eigenvalue weighted by molar-refractivity contribution is 0.0858. The number of carbonyl (C=O) groups excluding carboxylic acids is 1. The van der Waals surface area contributed by atoms with Gasteiger partial charge in [0.2, 0.25) is 0 Å². The smallest absolute Gasteiger partial charge is 0.252 e. The molecule has 1 saturated heterocycles. The van der Waals surface area contributed by atoms with Gasteiger partial charge in [-0.2, -0.15) is 10.1 Å². The summed E-state index contributed by atoms with van der Waals surface area (Å²) in [5.41, 5.74) is 2.52. The van der Waals surface area contributed by atoms with Crippen molar-refractivity contribution in [3.63, 3.8) is 0 Å². The molecule has 1 aliphatic heterocycles. The third kappa shape index (κ3) is 2.98. The van der Waals surface area contributed by atoms with Gasteiger partial charge in [0.25, 0.3) is 11.7 Å². The van der Waals surface area contributed by atoms with Crippen molar-refractivity contribution in [2.24, 2.45) is 0 Å². The fourth-order valence-electron chi connectivity index (χ4n) is 2.80. The van der Waals surface area contributed by atoms with Crippen molar-refractivity contribution < 1.29 is 9.53 Å². The maximum absolute atomic E-state index is 12.2. The number of amides is 1. The van der Waals surface area contributed by atoms with Crippen molar-refractivity contribution in [3.05, 3.63) is 48.5 Å². The normalized spacial score (nSPS) is 17.2. The Kier molecular flexibility index (Phi) is 3.92. The highest BCUT2D eigenvalue weighted by atomic mass is 16.5. The summed E-state index contributed by atoms with van der Waals surface area (Å²) < 4.78 is 7.13. The monoisotopic (exact) mass is 323 g/mol. The predicted octanol–water partition coefficient (Wildman–Crippen LogP) is 1.70. The molecule has 0 radical (unpaired) electrons. The predicted molar refractivity (Wildman–Crippen MR) is 87.5 cm³/mol. The molecule has 1 N–H and O–H groups in total. The van der Waals surface area contributed by atoms with Crippen LogP contribution in [0.1, 0.15) is 23.2 Å². The number of carbonyl (C=O) groups is 1. The highest BCUT2D eigenvalue weighted by Crippen LogP contribution is 2.19. The molecule has 7 heteroatoms. The Bertz CT molecular complexity index is 853. The van der Waals surface area contributed by atoms with E-state index in [-0.39, 0.29) is 12.0 Å². The minimum Gasteiger partial charge on any atom is -0.376 e. The van der Waals surface area contributed by atoms with E-state index in [9.17, 15) is 4.79 Å². The van der Waals surface area contributed by atoms with Crippen LogP contribution in [0.4, 0.5) is 0 Å². The summed E-state index contributed by atoms with van der Waals surface area (Å²) >= 11 is 0. The molecule has 0 spiro atoms. The molecule has 3 heterocycles. The number of hydrogen-bond acceptors (Lipinski definition) is 5. The second-order valence-electron chi connectivity index (χ2n) is 5.77. The summed E-state index contributed by atoms with van der Waals surface area (Å²) in [5, 5.41) is 7.00. The molecule has 1 aliphatic rings. The zero-order chi connectivity index (χ0) is 16.4. The summed E-state index contributed by atoms with van der Waals surface area (Å²) in [6.45, 7) is 1.35. The number of nitrogens with one attached hydrogen (secondary N) is 1. The number of fused-ring (bicyclic) bond motifs is 1. The van der Waals surface area contributed by atoms with E-state index >= 15 is 0 Å². The maximum Gasteiger partial charge on any atom is 0.252 e. The topological polar surface area (TPSA) is 81.4 Å². The standard InChI is InChI=1S/C17H17N5O2/c23-16(18-9-15-2-1-7-24-15)13-5-3-12(4-6-13)14-8-19-17-20-11-21-22(17)10-14/h3-6,8,10-11,15H,1-2,7,9H2,(H,18,23)/t15-/m0/s1. The first kappa shape index (κ1) is 14.8. The molecule has 1 fully saturated rings. The van der Waals surface area contributed by atoms with E-state index in [1.807, 2.05) is 30.5 Å². The molecular formula is C17H17N5O2. The lowest BCUT2D eigenvalue weighted by Crippen LogP contribution is -2.31. The summed E-state index contributed by atoms with van der Waals surface area (Å²) in [6, 6.07) is 7.43. The first-order valence-electron chi connectivity index (χ1n) is 7.95. The van der Waals surface area contributed by atoms with Crippen LogP contribution in [0.2, 0.25) is 0 Å². The van der Waals surface area contributed by atoms with Crippen LogP contribution in [0.5, 0.6) is 0 Å². The van der Waals surface area contributed by atoms with Crippen LogP contribution >= 0.6 is 0 Å². The number of ether oxygens (including phenoxy) is 1. The maximum atomic E-state index is 12.2. The first-order chi connectivity index (χ1) is 11.8. The number of nitrogens with zero attached hydrogens (tertiary/aromatic N) is 4. The van der Waals surface area contributed by atoms with E-state index in [1.165, 1.54) is 6.33 Å². The van der Waals surface area contributed by atoms with Crippen molar-refractivity contribution in [2.75, 3.05) is 13.2 Å². The van der Waals surface area contributed by atoms with Crippen LogP contribution in [0, 0.1) is 0 Å². The van der Waals surface area contributed by atoms with E-state index in [4.69, 9.17) is 4.74 Å². The largest absolute Gasteiger partial charge is 0.376 e. The van der Waals surface area contributed by atoms with Crippen molar-refractivity contribution in [2.45, 2.75) is 18.9 Å². The second-order valence-corrected chi connectivity index (χ2v) is 5.77. The molecule has 7 nitrogen and oxygen atoms in total. The molecule has 0 unspecified atom stereocenters. The molecule has 0 aliphatic carbocycles. The zero-order valence-corrected chi connectivity index (χ0v) is 13.1. The molecule has 2 aromatic heterocycles. The van der Waals surface area contributed by atoms with Gasteiger partial charge in [-0.05, 0) is 30.5 Å². The van der Waals surface area contributed by atoms with Crippen LogP contribution in [-0.4, -0.2) is 44.7 Å². The summed E-state index contributed by atoms with van der Waals surface area (Å²) in [6.07, 6.45) is 7.30. The van der Waals surface area contributed by atoms with Gasteiger partial charge in [-0.3, -0.25) is 4.79 Å². The van der Waals surface area contributed by atoms with Crippen LogP contribution in [0.15, 0.2) is 43.0 Å². The van der Waals surface area contributed by atoms with E-state index in [0.29, 0.717) is 17.9 Å². The number of aromatic nitrogens is 4. The van der Waals surface area contributed by atoms with Crippen LogP contribution in [0.3, 0.4) is 0 Å². The van der Waals surface area contributed by atoms with Gasteiger partial charge in [0.15, 0.2) is 0 Å². The van der Waals surface area contributed by atoms with Crippen molar-refractivity contribution >= 4 is 11.7 Å². The van der Waals surface area contributed by atoms with Gasteiger partial charge < -0.3 is 10.1 Å². The van der Waals surface area contributed by atoms with Crippen LogP contribution < -0.4 is 5.32 Å². The molecule has 122 valence electrons. The van der Waals surface area contributed by atoms with E-state index < -0.39 is 0 Å².